The number of piperidine rings is 1. The first-order valence-electron chi connectivity index (χ1n) is 10.9. The van der Waals surface area contributed by atoms with E-state index in [1.807, 2.05) is 20.8 Å². The molecule has 2 bridgehead atoms. The highest BCUT2D eigenvalue weighted by Crippen LogP contribution is 2.35. The van der Waals surface area contributed by atoms with Crippen molar-refractivity contribution in [1.29, 1.82) is 0 Å². The van der Waals surface area contributed by atoms with Gasteiger partial charge in [0.2, 0.25) is 0 Å². The minimum absolute atomic E-state index is 0.0137. The summed E-state index contributed by atoms with van der Waals surface area (Å²) in [5, 5.41) is 3.00. The minimum Gasteiger partial charge on any atom is -0.489 e. The van der Waals surface area contributed by atoms with Crippen LogP contribution in [0.25, 0.3) is 4.85 Å². The third-order valence-electron chi connectivity index (χ3n) is 5.85. The molecule has 0 saturated carbocycles. The predicted octanol–water partition coefficient (Wildman–Crippen LogP) is 4.69. The van der Waals surface area contributed by atoms with Crippen molar-refractivity contribution in [1.82, 2.24) is 9.88 Å². The fourth-order valence-electron chi connectivity index (χ4n) is 4.24. The highest BCUT2D eigenvalue weighted by atomic mass is 19.1. The van der Waals surface area contributed by atoms with Crippen LogP contribution in [0.3, 0.4) is 0 Å². The predicted molar refractivity (Wildman–Crippen MR) is 120 cm³/mol. The summed E-state index contributed by atoms with van der Waals surface area (Å²) in [6, 6.07) is 6.04. The van der Waals surface area contributed by atoms with Crippen molar-refractivity contribution in [2.24, 2.45) is 11.8 Å². The van der Waals surface area contributed by atoms with E-state index in [-0.39, 0.29) is 41.5 Å². The summed E-state index contributed by atoms with van der Waals surface area (Å²) in [4.78, 5) is 21.7. The van der Waals surface area contributed by atoms with E-state index in [4.69, 9.17) is 20.8 Å². The van der Waals surface area contributed by atoms with Gasteiger partial charge in [-0.2, -0.15) is 0 Å². The van der Waals surface area contributed by atoms with Crippen LogP contribution in [0.5, 0.6) is 5.75 Å². The molecule has 9 heteroatoms. The maximum absolute atomic E-state index is 14.3. The SMILES string of the molecule is [C-]#[N+]c1ccc(Nc2nccc(OC3C4COCC3CN(C(=O)OC(C)C)C4)c2C)c(F)c1. The van der Waals surface area contributed by atoms with Gasteiger partial charge >= 0.3 is 6.09 Å². The van der Waals surface area contributed by atoms with Gasteiger partial charge in [-0.05, 0) is 39.0 Å². The van der Waals surface area contributed by atoms with Gasteiger partial charge in [0.15, 0.2) is 5.69 Å². The van der Waals surface area contributed by atoms with Crippen LogP contribution in [0, 0.1) is 31.1 Å². The highest BCUT2D eigenvalue weighted by Gasteiger charge is 2.44. The van der Waals surface area contributed by atoms with E-state index in [2.05, 4.69) is 15.1 Å². The van der Waals surface area contributed by atoms with Crippen LogP contribution in [-0.2, 0) is 9.47 Å². The van der Waals surface area contributed by atoms with Crippen LogP contribution in [0.15, 0.2) is 30.5 Å². The van der Waals surface area contributed by atoms with Gasteiger partial charge in [0.05, 0.1) is 31.6 Å². The van der Waals surface area contributed by atoms with Crippen LogP contribution in [-0.4, -0.2) is 54.5 Å². The summed E-state index contributed by atoms with van der Waals surface area (Å²) in [6.45, 7) is 14.5. The van der Waals surface area contributed by atoms with Gasteiger partial charge < -0.3 is 24.4 Å². The maximum Gasteiger partial charge on any atom is 0.410 e. The zero-order valence-electron chi connectivity index (χ0n) is 18.9. The number of carbonyl (C=O) groups excluding carboxylic acids is 1. The van der Waals surface area contributed by atoms with E-state index in [1.54, 1.807) is 23.2 Å². The maximum atomic E-state index is 14.3. The fraction of sp³-hybridized carbons (Fsp3) is 0.458. The van der Waals surface area contributed by atoms with Gasteiger partial charge in [0, 0.05) is 36.7 Å². The number of anilines is 2. The number of benzene rings is 1. The molecule has 1 aromatic carbocycles. The molecule has 2 aromatic rings. The number of likely N-dealkylation sites (tertiary alicyclic amines) is 1. The lowest BCUT2D eigenvalue weighted by molar-refractivity contribution is -0.110. The normalized spacial score (nSPS) is 21.9. The molecule has 0 spiro atoms. The van der Waals surface area contributed by atoms with Crippen LogP contribution >= 0.6 is 0 Å². The average Bonchev–Trinajstić information content (AvgIpc) is 2.76. The second-order valence-electron chi connectivity index (χ2n) is 8.66. The lowest BCUT2D eigenvalue weighted by atomic mass is 9.84. The zero-order chi connectivity index (χ0) is 23.5. The molecule has 2 unspecified atom stereocenters. The molecule has 2 fully saturated rings. The Morgan fingerprint density at radius 2 is 2.03 bits per heavy atom. The first kappa shape index (κ1) is 22.8. The molecule has 0 aliphatic carbocycles. The van der Waals surface area contributed by atoms with Crippen LogP contribution in [0.1, 0.15) is 19.4 Å². The molecule has 33 heavy (non-hydrogen) atoms. The Kier molecular flexibility index (Phi) is 6.65. The summed E-state index contributed by atoms with van der Waals surface area (Å²) < 4.78 is 31.9. The number of carbonyl (C=O) groups is 1. The van der Waals surface area contributed by atoms with Crippen LogP contribution < -0.4 is 10.1 Å². The van der Waals surface area contributed by atoms with E-state index < -0.39 is 5.82 Å². The topological polar surface area (TPSA) is 77.3 Å². The van der Waals surface area contributed by atoms with E-state index in [0.29, 0.717) is 37.9 Å². The summed E-state index contributed by atoms with van der Waals surface area (Å²) in [5.74, 6) is 0.620. The van der Waals surface area contributed by atoms with E-state index in [1.165, 1.54) is 12.1 Å². The molecule has 0 radical (unpaired) electrons. The van der Waals surface area contributed by atoms with Crippen LogP contribution in [0.4, 0.5) is 26.4 Å². The third-order valence-corrected chi connectivity index (χ3v) is 5.85. The number of fused-ring (bicyclic) bond motifs is 2. The first-order chi connectivity index (χ1) is 15.9. The molecule has 1 N–H and O–H groups in total. The Hall–Kier alpha value is -3.38. The largest absolute Gasteiger partial charge is 0.489 e. The Morgan fingerprint density at radius 1 is 1.30 bits per heavy atom. The molecule has 1 amide bonds. The van der Waals surface area contributed by atoms with Gasteiger partial charge in [-0.25, -0.2) is 19.0 Å². The molecule has 3 heterocycles. The number of rotatable bonds is 5. The number of ether oxygens (including phenoxy) is 3. The van der Waals surface area contributed by atoms with Crippen molar-refractivity contribution in [2.45, 2.75) is 33.0 Å². The van der Waals surface area contributed by atoms with E-state index >= 15 is 0 Å². The monoisotopic (exact) mass is 454 g/mol. The second-order valence-corrected chi connectivity index (χ2v) is 8.66. The van der Waals surface area contributed by atoms with Crippen molar-refractivity contribution >= 4 is 23.3 Å². The Balaban J connectivity index is 1.49. The van der Waals surface area contributed by atoms with E-state index in [9.17, 15) is 9.18 Å². The molecule has 2 aliphatic heterocycles. The standard InChI is InChI=1S/C24H27FN4O4/c1-14(2)32-24(30)29-10-16-12-31-13-17(11-29)22(16)33-21-7-8-27-23(15(21)3)28-20-6-5-18(26-4)9-19(20)25/h5-9,14,16-17,22H,10-13H2,1-3H3,(H,27,28). The number of aromatic nitrogens is 1. The Bertz CT molecular complexity index is 1060. The fourth-order valence-corrected chi connectivity index (χ4v) is 4.24. The number of pyridine rings is 1. The molecule has 8 nitrogen and oxygen atoms in total. The molecule has 4 rings (SSSR count). The number of nitrogens with one attached hydrogen (secondary N) is 1. The Morgan fingerprint density at radius 3 is 2.67 bits per heavy atom. The molecule has 2 aliphatic rings. The van der Waals surface area contributed by atoms with Crippen molar-refractivity contribution < 1.29 is 23.4 Å². The minimum atomic E-state index is -0.525. The number of hydrogen-bond acceptors (Lipinski definition) is 6. The van der Waals surface area contributed by atoms with Crippen LogP contribution in [0.2, 0.25) is 0 Å². The van der Waals surface area contributed by atoms with Gasteiger partial charge in [-0.1, -0.05) is 6.07 Å². The third kappa shape index (κ3) is 5.01. The number of nitrogens with zero attached hydrogens (tertiary/aromatic N) is 3. The molecular formula is C24H27FN4O4. The zero-order valence-corrected chi connectivity index (χ0v) is 18.9. The number of amides is 1. The summed E-state index contributed by atoms with van der Waals surface area (Å²) >= 11 is 0. The lowest BCUT2D eigenvalue weighted by Gasteiger charge is -2.46. The number of halogens is 1. The summed E-state index contributed by atoms with van der Waals surface area (Å²) in [7, 11) is 0. The second kappa shape index (κ2) is 9.63. The molecule has 1 aromatic heterocycles. The summed E-state index contributed by atoms with van der Waals surface area (Å²) in [6.07, 6.45) is 1.01. The smallest absolute Gasteiger partial charge is 0.410 e. The van der Waals surface area contributed by atoms with Gasteiger partial charge in [0.1, 0.15) is 23.5 Å². The van der Waals surface area contributed by atoms with Gasteiger partial charge in [0.25, 0.3) is 0 Å². The Labute approximate surface area is 192 Å². The lowest BCUT2D eigenvalue weighted by Crippen LogP contribution is -2.58. The average molecular weight is 455 g/mol. The highest BCUT2D eigenvalue weighted by molar-refractivity contribution is 5.68. The van der Waals surface area contributed by atoms with Crippen molar-refractivity contribution in [3.8, 4) is 5.75 Å². The van der Waals surface area contributed by atoms with Crippen molar-refractivity contribution in [3.05, 3.63) is 53.3 Å². The molecular weight excluding hydrogens is 427 g/mol. The number of hydrogen-bond donors (Lipinski definition) is 1. The van der Waals surface area contributed by atoms with Crippen molar-refractivity contribution in [3.63, 3.8) is 0 Å². The quantitative estimate of drug-likeness (QED) is 0.661. The molecule has 2 saturated heterocycles. The first-order valence-corrected chi connectivity index (χ1v) is 10.9. The van der Waals surface area contributed by atoms with Gasteiger partial charge in [-0.3, -0.25) is 0 Å². The van der Waals surface area contributed by atoms with Crippen molar-refractivity contribution in [2.75, 3.05) is 31.6 Å². The molecule has 2 atom stereocenters. The van der Waals surface area contributed by atoms with E-state index in [0.717, 1.165) is 5.56 Å². The van der Waals surface area contributed by atoms with Gasteiger partial charge in [-0.15, -0.1) is 0 Å². The molecule has 174 valence electrons. The summed E-state index contributed by atoms with van der Waals surface area (Å²) in [5.41, 5.74) is 1.21.